The number of hydrogen-bond acceptors (Lipinski definition) is 2. The Labute approximate surface area is 112 Å². The van der Waals surface area contributed by atoms with Crippen LogP contribution in [0.3, 0.4) is 0 Å². The van der Waals surface area contributed by atoms with E-state index in [0.29, 0.717) is 0 Å². The zero-order valence-electron chi connectivity index (χ0n) is 11.9. The molecule has 0 heterocycles. The lowest BCUT2D eigenvalue weighted by Crippen LogP contribution is -2.47. The Kier molecular flexibility index (Phi) is 4.50. The standard InChI is InChI=1S/C14H20F2N2O/c1-8-6-11(16)12(7-10(8)15)17-9(2)13(19)18-14(3,4)5/h6-7,9,17H,1-5H3,(H,18,19). The van der Waals surface area contributed by atoms with Gasteiger partial charge in [-0.15, -0.1) is 0 Å². The summed E-state index contributed by atoms with van der Waals surface area (Å²) in [4.78, 5) is 11.8. The fourth-order valence-corrected chi connectivity index (χ4v) is 1.53. The first-order valence-corrected chi connectivity index (χ1v) is 6.14. The molecular weight excluding hydrogens is 250 g/mol. The van der Waals surface area contributed by atoms with Gasteiger partial charge in [0.05, 0.1) is 5.69 Å². The van der Waals surface area contributed by atoms with Crippen LogP contribution in [0.1, 0.15) is 33.3 Å². The molecule has 1 aromatic rings. The molecule has 0 fully saturated rings. The van der Waals surface area contributed by atoms with Gasteiger partial charge in [-0.2, -0.15) is 0 Å². The average molecular weight is 270 g/mol. The van der Waals surface area contributed by atoms with Crippen molar-refractivity contribution in [2.45, 2.75) is 46.2 Å². The molecule has 1 atom stereocenters. The molecular formula is C14H20F2N2O. The van der Waals surface area contributed by atoms with Gasteiger partial charge < -0.3 is 10.6 Å². The Hall–Kier alpha value is -1.65. The number of rotatable bonds is 3. The molecule has 1 amide bonds. The summed E-state index contributed by atoms with van der Waals surface area (Å²) in [5, 5.41) is 5.44. The molecule has 1 unspecified atom stereocenters. The molecule has 2 N–H and O–H groups in total. The van der Waals surface area contributed by atoms with E-state index in [2.05, 4.69) is 10.6 Å². The topological polar surface area (TPSA) is 41.1 Å². The van der Waals surface area contributed by atoms with Gasteiger partial charge in [0.1, 0.15) is 17.7 Å². The summed E-state index contributed by atoms with van der Waals surface area (Å²) < 4.78 is 27.0. The van der Waals surface area contributed by atoms with Crippen molar-refractivity contribution < 1.29 is 13.6 Å². The van der Waals surface area contributed by atoms with Gasteiger partial charge in [-0.25, -0.2) is 8.78 Å². The molecule has 0 aliphatic rings. The summed E-state index contributed by atoms with van der Waals surface area (Å²) in [6.45, 7) is 8.63. The second-order valence-electron chi connectivity index (χ2n) is 5.69. The zero-order chi connectivity index (χ0) is 14.8. The Balaban J connectivity index is 2.80. The van der Waals surface area contributed by atoms with Crippen LogP contribution in [0.25, 0.3) is 0 Å². The largest absolute Gasteiger partial charge is 0.371 e. The molecule has 5 heteroatoms. The Morgan fingerprint density at radius 2 is 1.79 bits per heavy atom. The molecule has 3 nitrogen and oxygen atoms in total. The molecule has 0 radical (unpaired) electrons. The highest BCUT2D eigenvalue weighted by molar-refractivity contribution is 5.84. The van der Waals surface area contributed by atoms with Crippen LogP contribution in [-0.4, -0.2) is 17.5 Å². The van der Waals surface area contributed by atoms with Crippen LogP contribution in [0.5, 0.6) is 0 Å². The van der Waals surface area contributed by atoms with E-state index in [4.69, 9.17) is 0 Å². The molecule has 0 aromatic heterocycles. The SMILES string of the molecule is Cc1cc(F)c(NC(C)C(=O)NC(C)(C)C)cc1F. The van der Waals surface area contributed by atoms with Crippen molar-refractivity contribution in [3.05, 3.63) is 29.3 Å². The third-order valence-corrected chi connectivity index (χ3v) is 2.51. The summed E-state index contributed by atoms with van der Waals surface area (Å²) in [7, 11) is 0. The predicted molar refractivity (Wildman–Crippen MR) is 72.1 cm³/mol. The highest BCUT2D eigenvalue weighted by atomic mass is 19.1. The lowest BCUT2D eigenvalue weighted by Gasteiger charge is -2.24. The van der Waals surface area contributed by atoms with Gasteiger partial charge in [0.15, 0.2) is 0 Å². The van der Waals surface area contributed by atoms with E-state index in [1.165, 1.54) is 6.92 Å². The van der Waals surface area contributed by atoms with Gasteiger partial charge in [-0.05, 0) is 46.2 Å². The number of anilines is 1. The van der Waals surface area contributed by atoms with E-state index < -0.39 is 17.7 Å². The molecule has 106 valence electrons. The molecule has 1 aromatic carbocycles. The first-order chi connectivity index (χ1) is 8.60. The minimum absolute atomic E-state index is 0.0142. The number of benzene rings is 1. The van der Waals surface area contributed by atoms with Gasteiger partial charge in [0.25, 0.3) is 0 Å². The van der Waals surface area contributed by atoms with Crippen LogP contribution in [0, 0.1) is 18.6 Å². The fourth-order valence-electron chi connectivity index (χ4n) is 1.53. The first-order valence-electron chi connectivity index (χ1n) is 6.14. The van der Waals surface area contributed by atoms with Crippen molar-refractivity contribution in [2.75, 3.05) is 5.32 Å². The van der Waals surface area contributed by atoms with Crippen LogP contribution >= 0.6 is 0 Å². The van der Waals surface area contributed by atoms with Crippen molar-refractivity contribution in [2.24, 2.45) is 0 Å². The lowest BCUT2D eigenvalue weighted by molar-refractivity contribution is -0.122. The minimum Gasteiger partial charge on any atom is -0.371 e. The van der Waals surface area contributed by atoms with Gasteiger partial charge in [-0.1, -0.05) is 0 Å². The molecule has 0 saturated carbocycles. The summed E-state index contributed by atoms with van der Waals surface area (Å²) in [5.74, 6) is -1.35. The van der Waals surface area contributed by atoms with Crippen molar-refractivity contribution >= 4 is 11.6 Å². The molecule has 0 aliphatic carbocycles. The maximum Gasteiger partial charge on any atom is 0.242 e. The fraction of sp³-hybridized carbons (Fsp3) is 0.500. The predicted octanol–water partition coefficient (Wildman–Crippen LogP) is 2.99. The van der Waals surface area contributed by atoms with E-state index in [1.54, 1.807) is 6.92 Å². The average Bonchev–Trinajstić information content (AvgIpc) is 2.23. The van der Waals surface area contributed by atoms with Gasteiger partial charge >= 0.3 is 0 Å². The van der Waals surface area contributed by atoms with Crippen molar-refractivity contribution in [3.63, 3.8) is 0 Å². The second-order valence-corrected chi connectivity index (χ2v) is 5.69. The van der Waals surface area contributed by atoms with Gasteiger partial charge in [0.2, 0.25) is 5.91 Å². The van der Waals surface area contributed by atoms with Crippen molar-refractivity contribution in [3.8, 4) is 0 Å². The van der Waals surface area contributed by atoms with E-state index in [1.807, 2.05) is 20.8 Å². The summed E-state index contributed by atoms with van der Waals surface area (Å²) >= 11 is 0. The van der Waals surface area contributed by atoms with Crippen LogP contribution in [-0.2, 0) is 4.79 Å². The minimum atomic E-state index is -0.657. The maximum absolute atomic E-state index is 13.6. The van der Waals surface area contributed by atoms with Crippen LogP contribution < -0.4 is 10.6 Å². The van der Waals surface area contributed by atoms with E-state index in [9.17, 15) is 13.6 Å². The molecule has 0 spiro atoms. The third-order valence-electron chi connectivity index (χ3n) is 2.51. The maximum atomic E-state index is 13.6. The Morgan fingerprint density at radius 3 is 2.32 bits per heavy atom. The summed E-state index contributed by atoms with van der Waals surface area (Å²) in [6, 6.07) is 1.51. The monoisotopic (exact) mass is 270 g/mol. The Morgan fingerprint density at radius 1 is 1.21 bits per heavy atom. The van der Waals surface area contributed by atoms with Crippen molar-refractivity contribution in [1.82, 2.24) is 5.32 Å². The molecule has 0 saturated heterocycles. The van der Waals surface area contributed by atoms with Crippen molar-refractivity contribution in [1.29, 1.82) is 0 Å². The van der Waals surface area contributed by atoms with Crippen LogP contribution in [0.2, 0.25) is 0 Å². The van der Waals surface area contributed by atoms with Gasteiger partial charge in [0, 0.05) is 11.6 Å². The Bertz CT molecular complexity index is 481. The quantitative estimate of drug-likeness (QED) is 0.886. The highest BCUT2D eigenvalue weighted by Gasteiger charge is 2.20. The smallest absolute Gasteiger partial charge is 0.242 e. The van der Waals surface area contributed by atoms with Crippen LogP contribution in [0.4, 0.5) is 14.5 Å². The third kappa shape index (κ3) is 4.50. The van der Waals surface area contributed by atoms with E-state index in [-0.39, 0.29) is 22.7 Å². The first kappa shape index (κ1) is 15.4. The number of halogens is 2. The number of amides is 1. The molecule has 0 bridgehead atoms. The number of hydrogen-bond donors (Lipinski definition) is 2. The molecule has 0 aliphatic heterocycles. The number of aryl methyl sites for hydroxylation is 1. The summed E-state index contributed by atoms with van der Waals surface area (Å²) in [5.41, 5.74) is -0.154. The molecule has 1 rings (SSSR count). The lowest BCUT2D eigenvalue weighted by atomic mass is 10.1. The number of nitrogens with one attached hydrogen (secondary N) is 2. The number of carbonyl (C=O) groups excluding carboxylic acids is 1. The van der Waals surface area contributed by atoms with E-state index in [0.717, 1.165) is 12.1 Å². The zero-order valence-corrected chi connectivity index (χ0v) is 11.9. The highest BCUT2D eigenvalue weighted by Crippen LogP contribution is 2.19. The molecule has 19 heavy (non-hydrogen) atoms. The normalized spacial score (nSPS) is 13.0. The number of carbonyl (C=O) groups is 1. The summed E-state index contributed by atoms with van der Waals surface area (Å²) in [6.07, 6.45) is 0. The van der Waals surface area contributed by atoms with Gasteiger partial charge in [-0.3, -0.25) is 4.79 Å². The second kappa shape index (κ2) is 5.55. The van der Waals surface area contributed by atoms with Crippen LogP contribution in [0.15, 0.2) is 12.1 Å². The van der Waals surface area contributed by atoms with E-state index >= 15 is 0 Å².